The number of carbonyl (C=O) groups excluding carboxylic acids is 1. The van der Waals surface area contributed by atoms with Crippen molar-refractivity contribution in [1.29, 1.82) is 0 Å². The third-order valence-corrected chi connectivity index (χ3v) is 3.40. The van der Waals surface area contributed by atoms with Crippen LogP contribution < -0.4 is 11.1 Å². The Bertz CT molecular complexity index is 494. The number of halogens is 2. The van der Waals surface area contributed by atoms with E-state index in [-0.39, 0.29) is 17.8 Å². The summed E-state index contributed by atoms with van der Waals surface area (Å²) in [4.78, 5) is 11.9. The average molecular weight is 270 g/mol. The number of hydrogen-bond acceptors (Lipinski definition) is 3. The molecule has 6 heteroatoms. The van der Waals surface area contributed by atoms with Crippen molar-refractivity contribution in [2.75, 3.05) is 12.8 Å². The molecule has 2 unspecified atom stereocenters. The minimum atomic E-state index is -1.02. The Morgan fingerprint density at radius 1 is 1.42 bits per heavy atom. The molecule has 1 fully saturated rings. The summed E-state index contributed by atoms with van der Waals surface area (Å²) in [6.45, 7) is 0. The zero-order chi connectivity index (χ0) is 14.0. The number of anilines is 1. The van der Waals surface area contributed by atoms with Crippen LogP contribution in [-0.4, -0.2) is 25.2 Å². The number of hydrogen-bond donors (Lipinski definition) is 2. The summed E-state index contributed by atoms with van der Waals surface area (Å²) in [6.07, 6.45) is 2.29. The molecule has 1 aromatic rings. The molecule has 0 aromatic heterocycles. The highest BCUT2D eigenvalue weighted by atomic mass is 19.1. The molecule has 104 valence electrons. The fourth-order valence-electron chi connectivity index (χ4n) is 2.32. The maximum absolute atomic E-state index is 13.7. The summed E-state index contributed by atoms with van der Waals surface area (Å²) in [5, 5.41) is 2.61. The van der Waals surface area contributed by atoms with Crippen molar-refractivity contribution >= 4 is 11.6 Å². The zero-order valence-corrected chi connectivity index (χ0v) is 10.6. The van der Waals surface area contributed by atoms with Crippen LogP contribution in [0.25, 0.3) is 0 Å². The Labute approximate surface area is 109 Å². The topological polar surface area (TPSA) is 64.3 Å². The van der Waals surface area contributed by atoms with Gasteiger partial charge in [-0.3, -0.25) is 4.79 Å². The van der Waals surface area contributed by atoms with E-state index in [0.29, 0.717) is 6.42 Å². The molecule has 1 amide bonds. The monoisotopic (exact) mass is 270 g/mol. The SMILES string of the molecule is COC1CCC(NC(=O)c2c(F)ccc(N)c2F)C1. The van der Waals surface area contributed by atoms with E-state index in [1.807, 2.05) is 0 Å². The van der Waals surface area contributed by atoms with Gasteiger partial charge in [0, 0.05) is 13.2 Å². The highest BCUT2D eigenvalue weighted by Gasteiger charge is 2.28. The number of methoxy groups -OCH3 is 1. The molecule has 1 aromatic carbocycles. The van der Waals surface area contributed by atoms with Crippen LogP contribution in [0.2, 0.25) is 0 Å². The van der Waals surface area contributed by atoms with Crippen LogP contribution in [0.3, 0.4) is 0 Å². The lowest BCUT2D eigenvalue weighted by atomic mass is 10.1. The standard InChI is InChI=1S/C13H16F2N2O2/c1-19-8-3-2-7(6-8)17-13(18)11-9(14)4-5-10(16)12(11)15/h4-5,7-8H,2-3,6,16H2,1H3,(H,17,18). The van der Waals surface area contributed by atoms with Crippen LogP contribution in [0.15, 0.2) is 12.1 Å². The summed E-state index contributed by atoms with van der Waals surface area (Å²) in [5.41, 5.74) is 4.47. The van der Waals surface area contributed by atoms with Gasteiger partial charge in [-0.2, -0.15) is 0 Å². The van der Waals surface area contributed by atoms with Gasteiger partial charge in [0.05, 0.1) is 11.8 Å². The molecule has 1 aliphatic rings. The molecule has 19 heavy (non-hydrogen) atoms. The molecule has 0 radical (unpaired) electrons. The van der Waals surface area contributed by atoms with E-state index in [9.17, 15) is 13.6 Å². The molecule has 2 rings (SSSR count). The predicted molar refractivity (Wildman–Crippen MR) is 66.7 cm³/mol. The Hall–Kier alpha value is -1.69. The molecule has 4 nitrogen and oxygen atoms in total. The quantitative estimate of drug-likeness (QED) is 0.824. The van der Waals surface area contributed by atoms with Crippen LogP contribution >= 0.6 is 0 Å². The zero-order valence-electron chi connectivity index (χ0n) is 10.6. The van der Waals surface area contributed by atoms with Gasteiger partial charge in [0.2, 0.25) is 0 Å². The largest absolute Gasteiger partial charge is 0.396 e. The minimum Gasteiger partial charge on any atom is -0.396 e. The van der Waals surface area contributed by atoms with Crippen molar-refractivity contribution in [1.82, 2.24) is 5.32 Å². The van der Waals surface area contributed by atoms with Gasteiger partial charge in [-0.25, -0.2) is 8.78 Å². The Kier molecular flexibility index (Phi) is 3.99. The maximum atomic E-state index is 13.7. The van der Waals surface area contributed by atoms with Crippen LogP contribution in [0.1, 0.15) is 29.6 Å². The van der Waals surface area contributed by atoms with E-state index < -0.39 is 23.1 Å². The molecule has 1 aliphatic carbocycles. The lowest BCUT2D eigenvalue weighted by molar-refractivity contribution is 0.0907. The molecular weight excluding hydrogens is 254 g/mol. The maximum Gasteiger partial charge on any atom is 0.257 e. The number of amides is 1. The molecule has 0 heterocycles. The first-order valence-corrected chi connectivity index (χ1v) is 6.10. The minimum absolute atomic E-state index is 0.0841. The van der Waals surface area contributed by atoms with Gasteiger partial charge in [-0.1, -0.05) is 0 Å². The third kappa shape index (κ3) is 2.84. The smallest absolute Gasteiger partial charge is 0.257 e. The fourth-order valence-corrected chi connectivity index (χ4v) is 2.32. The van der Waals surface area contributed by atoms with Gasteiger partial charge in [-0.15, -0.1) is 0 Å². The van der Waals surface area contributed by atoms with E-state index in [0.717, 1.165) is 25.0 Å². The summed E-state index contributed by atoms with van der Waals surface area (Å²) in [6, 6.07) is 1.95. The first-order valence-electron chi connectivity index (χ1n) is 6.10. The van der Waals surface area contributed by atoms with Crippen molar-refractivity contribution in [3.8, 4) is 0 Å². The lowest BCUT2D eigenvalue weighted by Crippen LogP contribution is -2.34. The second-order valence-electron chi connectivity index (χ2n) is 4.67. The number of rotatable bonds is 3. The van der Waals surface area contributed by atoms with Gasteiger partial charge in [0.25, 0.3) is 5.91 Å². The highest BCUT2D eigenvalue weighted by molar-refractivity contribution is 5.95. The van der Waals surface area contributed by atoms with Crippen molar-refractivity contribution < 1.29 is 18.3 Å². The molecule has 1 saturated carbocycles. The summed E-state index contributed by atoms with van der Waals surface area (Å²) in [5.74, 6) is -2.70. The summed E-state index contributed by atoms with van der Waals surface area (Å²) in [7, 11) is 1.60. The number of nitrogen functional groups attached to an aromatic ring is 1. The van der Waals surface area contributed by atoms with Crippen LogP contribution in [-0.2, 0) is 4.74 Å². The van der Waals surface area contributed by atoms with Gasteiger partial charge in [0.15, 0.2) is 5.82 Å². The van der Waals surface area contributed by atoms with Crippen LogP contribution in [0, 0.1) is 11.6 Å². The van der Waals surface area contributed by atoms with Crippen molar-refractivity contribution in [2.24, 2.45) is 0 Å². The second-order valence-corrected chi connectivity index (χ2v) is 4.67. The van der Waals surface area contributed by atoms with Crippen molar-refractivity contribution in [3.05, 3.63) is 29.3 Å². The van der Waals surface area contributed by atoms with Gasteiger partial charge in [-0.05, 0) is 31.4 Å². The Morgan fingerprint density at radius 2 is 2.16 bits per heavy atom. The molecule has 3 N–H and O–H groups in total. The molecule has 0 spiro atoms. The number of carbonyl (C=O) groups is 1. The van der Waals surface area contributed by atoms with E-state index in [1.165, 1.54) is 0 Å². The van der Waals surface area contributed by atoms with Crippen LogP contribution in [0.4, 0.5) is 14.5 Å². The summed E-state index contributed by atoms with van der Waals surface area (Å²) < 4.78 is 32.4. The second kappa shape index (κ2) is 5.52. The van der Waals surface area contributed by atoms with E-state index >= 15 is 0 Å². The number of nitrogens with two attached hydrogens (primary N) is 1. The molecule has 2 atom stereocenters. The summed E-state index contributed by atoms with van der Waals surface area (Å²) >= 11 is 0. The molecule has 0 bridgehead atoms. The number of nitrogens with one attached hydrogen (secondary N) is 1. The molecule has 0 aliphatic heterocycles. The molecule has 0 saturated heterocycles. The normalized spacial score (nSPS) is 22.5. The van der Waals surface area contributed by atoms with Gasteiger partial charge >= 0.3 is 0 Å². The van der Waals surface area contributed by atoms with Crippen molar-refractivity contribution in [2.45, 2.75) is 31.4 Å². The Morgan fingerprint density at radius 3 is 2.79 bits per heavy atom. The van der Waals surface area contributed by atoms with E-state index in [4.69, 9.17) is 10.5 Å². The lowest BCUT2D eigenvalue weighted by Gasteiger charge is -2.14. The van der Waals surface area contributed by atoms with Gasteiger partial charge in [0.1, 0.15) is 11.4 Å². The van der Waals surface area contributed by atoms with Gasteiger partial charge < -0.3 is 15.8 Å². The predicted octanol–water partition coefficient (Wildman–Crippen LogP) is 1.84. The molecular formula is C13H16F2N2O2. The van der Waals surface area contributed by atoms with Crippen molar-refractivity contribution in [3.63, 3.8) is 0 Å². The average Bonchev–Trinajstić information content (AvgIpc) is 2.82. The fraction of sp³-hybridized carbons (Fsp3) is 0.462. The first-order chi connectivity index (χ1) is 9.02. The van der Waals surface area contributed by atoms with E-state index in [1.54, 1.807) is 7.11 Å². The van der Waals surface area contributed by atoms with E-state index in [2.05, 4.69) is 5.32 Å². The third-order valence-electron chi connectivity index (χ3n) is 3.40. The Balaban J connectivity index is 2.11. The first kappa shape index (κ1) is 13.7. The number of ether oxygens (including phenoxy) is 1. The number of benzene rings is 1. The highest BCUT2D eigenvalue weighted by Crippen LogP contribution is 2.23. The van der Waals surface area contributed by atoms with Crippen LogP contribution in [0.5, 0.6) is 0 Å².